The van der Waals surface area contributed by atoms with E-state index in [0.29, 0.717) is 41.7 Å². The van der Waals surface area contributed by atoms with Crippen molar-refractivity contribution in [3.63, 3.8) is 0 Å². The molecule has 9 nitrogen and oxygen atoms in total. The number of aromatic amines is 1. The van der Waals surface area contributed by atoms with Crippen molar-refractivity contribution in [3.05, 3.63) is 50.3 Å². The maximum absolute atomic E-state index is 13.0. The minimum absolute atomic E-state index is 0.127. The van der Waals surface area contributed by atoms with Gasteiger partial charge in [-0.05, 0) is 30.7 Å². The van der Waals surface area contributed by atoms with Crippen LogP contribution in [0.3, 0.4) is 0 Å². The van der Waals surface area contributed by atoms with E-state index in [0.717, 1.165) is 23.2 Å². The lowest BCUT2D eigenvalue weighted by atomic mass is 10.2. The number of nitrogens with zero attached hydrogens (tertiary/aromatic N) is 4. The number of H-pyrrole nitrogens is 1. The van der Waals surface area contributed by atoms with Gasteiger partial charge in [0.25, 0.3) is 5.56 Å². The molecule has 0 spiro atoms. The standard InChI is InChI=1S/C17H19N5O4S3/c1-21(29(25,26)14-5-2-4-12-15(14)20-28-19-12)7-3-8-22-13-6-9-27-10-11(13)16(23)18-17(22)24/h2,4-5H,3,6-10H2,1H3,(H,18,23,24). The van der Waals surface area contributed by atoms with Gasteiger partial charge in [0.1, 0.15) is 15.9 Å². The fourth-order valence-corrected chi connectivity index (χ4v) is 6.34. The second kappa shape index (κ2) is 8.01. The molecule has 3 aromatic rings. The Balaban J connectivity index is 1.52. The molecule has 0 unspecified atom stereocenters. The fraction of sp³-hybridized carbons (Fsp3) is 0.412. The summed E-state index contributed by atoms with van der Waals surface area (Å²) >= 11 is 2.64. The quantitative estimate of drug-likeness (QED) is 0.592. The predicted molar refractivity (Wildman–Crippen MR) is 113 cm³/mol. The Morgan fingerprint density at radius 2 is 2.10 bits per heavy atom. The van der Waals surface area contributed by atoms with E-state index < -0.39 is 15.7 Å². The van der Waals surface area contributed by atoms with Crippen LogP contribution in [0, 0.1) is 0 Å². The van der Waals surface area contributed by atoms with Crippen LogP contribution in [0.4, 0.5) is 0 Å². The summed E-state index contributed by atoms with van der Waals surface area (Å²) in [5, 5.41) is 0. The monoisotopic (exact) mass is 453 g/mol. The molecule has 1 N–H and O–H groups in total. The average Bonchev–Trinajstić information content (AvgIpc) is 3.19. The van der Waals surface area contributed by atoms with Gasteiger partial charge in [0, 0.05) is 37.1 Å². The Labute approximate surface area is 175 Å². The molecule has 0 saturated heterocycles. The highest BCUT2D eigenvalue weighted by Gasteiger charge is 2.25. The number of sulfonamides is 1. The van der Waals surface area contributed by atoms with Crippen LogP contribution in [-0.4, -0.2) is 50.4 Å². The lowest BCUT2D eigenvalue weighted by Gasteiger charge is -2.21. The van der Waals surface area contributed by atoms with E-state index in [4.69, 9.17) is 0 Å². The van der Waals surface area contributed by atoms with Crippen molar-refractivity contribution in [3.8, 4) is 0 Å². The van der Waals surface area contributed by atoms with Crippen LogP contribution in [0.25, 0.3) is 11.0 Å². The molecule has 3 heterocycles. The number of thioether (sulfide) groups is 1. The molecular weight excluding hydrogens is 434 g/mol. The molecule has 0 fully saturated rings. The van der Waals surface area contributed by atoms with Crippen molar-refractivity contribution in [2.24, 2.45) is 0 Å². The summed E-state index contributed by atoms with van der Waals surface area (Å²) in [5.74, 6) is 1.45. The highest BCUT2D eigenvalue weighted by molar-refractivity contribution is 7.98. The summed E-state index contributed by atoms with van der Waals surface area (Å²) in [6, 6.07) is 4.90. The molecule has 2 aromatic heterocycles. The zero-order chi connectivity index (χ0) is 20.6. The van der Waals surface area contributed by atoms with Gasteiger partial charge in [0.05, 0.1) is 11.7 Å². The molecule has 154 valence electrons. The van der Waals surface area contributed by atoms with Crippen LogP contribution < -0.4 is 11.2 Å². The summed E-state index contributed by atoms with van der Waals surface area (Å²) in [7, 11) is -2.23. The third-order valence-electron chi connectivity index (χ3n) is 4.94. The summed E-state index contributed by atoms with van der Waals surface area (Å²) < 4.78 is 37.0. The molecule has 0 atom stereocenters. The van der Waals surface area contributed by atoms with Crippen LogP contribution in [0.15, 0.2) is 32.7 Å². The SMILES string of the molecule is CN(CCCn1c2c(c(=O)[nH]c1=O)CSCC2)S(=O)(=O)c1cccc2nsnc12. The lowest BCUT2D eigenvalue weighted by Crippen LogP contribution is -2.37. The first-order valence-corrected chi connectivity index (χ1v) is 12.3. The topological polar surface area (TPSA) is 118 Å². The Bertz CT molecular complexity index is 1280. The number of nitrogens with one attached hydrogen (secondary N) is 1. The van der Waals surface area contributed by atoms with Crippen molar-refractivity contribution < 1.29 is 8.42 Å². The second-order valence-electron chi connectivity index (χ2n) is 6.71. The largest absolute Gasteiger partial charge is 0.328 e. The maximum Gasteiger partial charge on any atom is 0.328 e. The molecule has 4 rings (SSSR count). The molecular formula is C17H19N5O4S3. The molecule has 0 saturated carbocycles. The molecule has 29 heavy (non-hydrogen) atoms. The minimum atomic E-state index is -3.74. The van der Waals surface area contributed by atoms with Gasteiger partial charge < -0.3 is 0 Å². The molecule has 1 aromatic carbocycles. The van der Waals surface area contributed by atoms with Gasteiger partial charge in [-0.3, -0.25) is 14.3 Å². The average molecular weight is 454 g/mol. The van der Waals surface area contributed by atoms with E-state index >= 15 is 0 Å². The summed E-state index contributed by atoms with van der Waals surface area (Å²) in [6.45, 7) is 0.566. The van der Waals surface area contributed by atoms with E-state index in [1.165, 1.54) is 17.4 Å². The van der Waals surface area contributed by atoms with Gasteiger partial charge in [-0.15, -0.1) is 0 Å². The number of hydrogen-bond donors (Lipinski definition) is 1. The van der Waals surface area contributed by atoms with Crippen molar-refractivity contribution in [1.82, 2.24) is 22.6 Å². The van der Waals surface area contributed by atoms with Crippen LogP contribution in [-0.2, 0) is 28.7 Å². The Hall–Kier alpha value is -2.02. The van der Waals surface area contributed by atoms with Gasteiger partial charge in [-0.25, -0.2) is 17.5 Å². The summed E-state index contributed by atoms with van der Waals surface area (Å²) in [6.07, 6.45) is 1.10. The van der Waals surface area contributed by atoms with Crippen LogP contribution in [0.1, 0.15) is 17.7 Å². The van der Waals surface area contributed by atoms with Crippen molar-refractivity contribution in [2.45, 2.75) is 30.0 Å². The summed E-state index contributed by atoms with van der Waals surface area (Å²) in [4.78, 5) is 26.8. The molecule has 0 radical (unpaired) electrons. The minimum Gasteiger partial charge on any atom is -0.297 e. The van der Waals surface area contributed by atoms with Crippen LogP contribution in [0.2, 0.25) is 0 Å². The third kappa shape index (κ3) is 3.77. The van der Waals surface area contributed by atoms with Crippen molar-refractivity contribution in [1.29, 1.82) is 0 Å². The maximum atomic E-state index is 13.0. The van der Waals surface area contributed by atoms with Crippen LogP contribution in [0.5, 0.6) is 0 Å². The summed E-state index contributed by atoms with van der Waals surface area (Å²) in [5.41, 5.74) is 1.56. The highest BCUT2D eigenvalue weighted by atomic mass is 32.2. The van der Waals surface area contributed by atoms with Crippen molar-refractivity contribution in [2.75, 3.05) is 19.3 Å². The van der Waals surface area contributed by atoms with Gasteiger partial charge in [-0.2, -0.15) is 20.5 Å². The van der Waals surface area contributed by atoms with E-state index in [-0.39, 0.29) is 17.0 Å². The Kier molecular flexibility index (Phi) is 5.60. The van der Waals surface area contributed by atoms with Gasteiger partial charge in [0.15, 0.2) is 0 Å². The van der Waals surface area contributed by atoms with Gasteiger partial charge in [-0.1, -0.05) is 6.07 Å². The zero-order valence-electron chi connectivity index (χ0n) is 15.6. The molecule has 0 aliphatic carbocycles. The molecule has 0 amide bonds. The number of benzene rings is 1. The van der Waals surface area contributed by atoms with Crippen LogP contribution >= 0.6 is 23.5 Å². The predicted octanol–water partition coefficient (Wildman–Crippen LogP) is 1.04. The van der Waals surface area contributed by atoms with E-state index in [9.17, 15) is 18.0 Å². The Morgan fingerprint density at radius 3 is 2.93 bits per heavy atom. The highest BCUT2D eigenvalue weighted by Crippen LogP contribution is 2.24. The van der Waals surface area contributed by atoms with E-state index in [1.54, 1.807) is 28.5 Å². The number of fused-ring (bicyclic) bond motifs is 2. The fourth-order valence-electron chi connectivity index (χ4n) is 3.40. The Morgan fingerprint density at radius 1 is 1.28 bits per heavy atom. The molecule has 1 aliphatic rings. The number of rotatable bonds is 6. The van der Waals surface area contributed by atoms with E-state index in [1.807, 2.05) is 0 Å². The first-order valence-electron chi connectivity index (χ1n) is 9.00. The third-order valence-corrected chi connectivity index (χ3v) is 8.35. The van der Waals surface area contributed by atoms with Crippen molar-refractivity contribution >= 4 is 44.5 Å². The number of aromatic nitrogens is 4. The number of hydrogen-bond acceptors (Lipinski definition) is 8. The van der Waals surface area contributed by atoms with Gasteiger partial charge in [0.2, 0.25) is 10.0 Å². The first kappa shape index (κ1) is 20.3. The molecule has 0 bridgehead atoms. The first-order chi connectivity index (χ1) is 13.9. The lowest BCUT2D eigenvalue weighted by molar-refractivity contribution is 0.439. The smallest absolute Gasteiger partial charge is 0.297 e. The van der Waals surface area contributed by atoms with E-state index in [2.05, 4.69) is 13.7 Å². The normalized spacial score (nSPS) is 14.4. The molecule has 1 aliphatic heterocycles. The zero-order valence-corrected chi connectivity index (χ0v) is 18.1. The molecule has 12 heteroatoms. The van der Waals surface area contributed by atoms with Gasteiger partial charge >= 0.3 is 5.69 Å². The second-order valence-corrected chi connectivity index (χ2v) is 10.4.